The number of hydrogen-bond donors (Lipinski definition) is 2. The van der Waals surface area contributed by atoms with Crippen molar-refractivity contribution in [1.29, 1.82) is 0 Å². The van der Waals surface area contributed by atoms with Gasteiger partial charge in [0.05, 0.1) is 0 Å². The standard InChI is InChI=1S/C25H20O3S/c1-14-5-6-16-7-8-17-9-10-18(25-20(27)12-19(14)23(16)24(17)25)21(28)13-29-11-3-4-22(29)15(2)26/h3-12,27,29H,13H2,1-2H3. The lowest BCUT2D eigenvalue weighted by Gasteiger charge is -2.18. The molecule has 0 aromatic heterocycles. The number of hydrogen-bond acceptors (Lipinski definition) is 3. The molecule has 4 aromatic carbocycles. The van der Waals surface area contributed by atoms with Gasteiger partial charge in [-0.2, -0.15) is 10.9 Å². The van der Waals surface area contributed by atoms with Crippen LogP contribution in [0.1, 0.15) is 22.8 Å². The molecule has 4 aromatic rings. The summed E-state index contributed by atoms with van der Waals surface area (Å²) in [6.45, 7) is 3.57. The van der Waals surface area contributed by atoms with Crippen LogP contribution in [0.5, 0.6) is 5.75 Å². The van der Waals surface area contributed by atoms with E-state index >= 15 is 0 Å². The maximum Gasteiger partial charge on any atom is 0.172 e. The highest BCUT2D eigenvalue weighted by Gasteiger charge is 2.23. The van der Waals surface area contributed by atoms with Crippen molar-refractivity contribution in [2.24, 2.45) is 0 Å². The molecule has 3 nitrogen and oxygen atoms in total. The van der Waals surface area contributed by atoms with E-state index in [0.717, 1.165) is 37.4 Å². The van der Waals surface area contributed by atoms with Gasteiger partial charge < -0.3 is 5.11 Å². The van der Waals surface area contributed by atoms with Crippen LogP contribution >= 0.6 is 10.9 Å². The Morgan fingerprint density at radius 3 is 2.41 bits per heavy atom. The van der Waals surface area contributed by atoms with Crippen molar-refractivity contribution in [1.82, 2.24) is 0 Å². The van der Waals surface area contributed by atoms with Gasteiger partial charge in [0.25, 0.3) is 0 Å². The number of phenols is 1. The lowest BCUT2D eigenvalue weighted by atomic mass is 9.89. The Balaban J connectivity index is 1.72. The molecule has 0 saturated carbocycles. The van der Waals surface area contributed by atoms with E-state index in [9.17, 15) is 14.7 Å². The van der Waals surface area contributed by atoms with Gasteiger partial charge in [-0.05, 0) is 64.6 Å². The second-order valence-electron chi connectivity index (χ2n) is 7.58. The second-order valence-corrected chi connectivity index (χ2v) is 9.61. The molecule has 1 N–H and O–H groups in total. The lowest BCUT2D eigenvalue weighted by molar-refractivity contribution is -0.112. The van der Waals surface area contributed by atoms with Gasteiger partial charge >= 0.3 is 0 Å². The van der Waals surface area contributed by atoms with Crippen LogP contribution < -0.4 is 0 Å². The number of Topliss-reactive ketones (excluding diaryl/α,β-unsaturated/α-hetero) is 2. The number of thiol groups is 1. The van der Waals surface area contributed by atoms with E-state index in [4.69, 9.17) is 0 Å². The third-order valence-corrected chi connectivity index (χ3v) is 8.01. The predicted octanol–water partition coefficient (Wildman–Crippen LogP) is 5.78. The lowest BCUT2D eigenvalue weighted by Crippen LogP contribution is -2.09. The summed E-state index contributed by atoms with van der Waals surface area (Å²) in [4.78, 5) is 25.9. The average molecular weight is 400 g/mol. The third kappa shape index (κ3) is 2.67. The number of phenolic OH excluding ortho intramolecular Hbond substituents is 1. The molecule has 0 aliphatic carbocycles. The van der Waals surface area contributed by atoms with E-state index in [1.165, 1.54) is 0 Å². The van der Waals surface area contributed by atoms with Crippen molar-refractivity contribution in [3.8, 4) is 5.75 Å². The van der Waals surface area contributed by atoms with Crippen LogP contribution in [0.3, 0.4) is 0 Å². The second kappa shape index (κ2) is 6.46. The van der Waals surface area contributed by atoms with Gasteiger partial charge in [0.1, 0.15) is 5.75 Å². The minimum atomic E-state index is -0.930. The molecule has 1 heterocycles. The number of ketones is 2. The molecule has 5 rings (SSSR count). The van der Waals surface area contributed by atoms with E-state index in [-0.39, 0.29) is 23.1 Å². The number of carbonyl (C=O) groups excluding carboxylic acids is 2. The topological polar surface area (TPSA) is 54.4 Å². The highest BCUT2D eigenvalue weighted by Crippen LogP contribution is 2.45. The van der Waals surface area contributed by atoms with E-state index in [0.29, 0.717) is 10.9 Å². The third-order valence-electron chi connectivity index (χ3n) is 5.77. The molecule has 29 heavy (non-hydrogen) atoms. The zero-order valence-electron chi connectivity index (χ0n) is 16.2. The van der Waals surface area contributed by atoms with Gasteiger partial charge in [0, 0.05) is 27.0 Å². The van der Waals surface area contributed by atoms with Crippen LogP contribution in [0.15, 0.2) is 64.9 Å². The molecule has 144 valence electrons. The van der Waals surface area contributed by atoms with Crippen LogP contribution in [-0.4, -0.2) is 22.4 Å². The number of allylic oxidation sites excluding steroid dienone is 3. The summed E-state index contributed by atoms with van der Waals surface area (Å²) in [6.07, 6.45) is 3.67. The summed E-state index contributed by atoms with van der Waals surface area (Å²) in [5, 5.41) is 18.6. The first-order valence-electron chi connectivity index (χ1n) is 9.55. The smallest absolute Gasteiger partial charge is 0.172 e. The van der Waals surface area contributed by atoms with Gasteiger partial charge in [0.15, 0.2) is 11.6 Å². The van der Waals surface area contributed by atoms with Crippen molar-refractivity contribution < 1.29 is 14.7 Å². The minimum Gasteiger partial charge on any atom is -0.507 e. The Morgan fingerprint density at radius 2 is 1.66 bits per heavy atom. The summed E-state index contributed by atoms with van der Waals surface area (Å²) >= 11 is 0. The summed E-state index contributed by atoms with van der Waals surface area (Å²) < 4.78 is 0. The van der Waals surface area contributed by atoms with Gasteiger partial charge in [-0.3, -0.25) is 9.59 Å². The number of carbonyl (C=O) groups is 2. The molecule has 0 fully saturated rings. The molecule has 4 heteroatoms. The first-order valence-corrected chi connectivity index (χ1v) is 11.1. The van der Waals surface area contributed by atoms with Gasteiger partial charge in [-0.1, -0.05) is 36.4 Å². The normalized spacial score (nSPS) is 17.4. The van der Waals surface area contributed by atoms with Crippen LogP contribution in [0, 0.1) is 6.92 Å². The maximum atomic E-state index is 13.3. The molecule has 1 aliphatic rings. The first-order chi connectivity index (χ1) is 14.0. The Morgan fingerprint density at radius 1 is 0.966 bits per heavy atom. The molecule has 0 saturated heterocycles. The minimum absolute atomic E-state index is 0.0163. The van der Waals surface area contributed by atoms with Crippen LogP contribution in [0.25, 0.3) is 32.3 Å². The summed E-state index contributed by atoms with van der Waals surface area (Å²) in [6, 6.07) is 13.8. The van der Waals surface area contributed by atoms with Crippen LogP contribution in [0.4, 0.5) is 0 Å². The largest absolute Gasteiger partial charge is 0.507 e. The van der Waals surface area contributed by atoms with Crippen LogP contribution in [0.2, 0.25) is 0 Å². The zero-order chi connectivity index (χ0) is 20.3. The molecule has 0 bridgehead atoms. The number of aryl methyl sites for hydroxylation is 1. The summed E-state index contributed by atoms with van der Waals surface area (Å²) in [7, 11) is -0.930. The molecule has 1 aliphatic heterocycles. The van der Waals surface area contributed by atoms with Gasteiger partial charge in [0.2, 0.25) is 0 Å². The molecular weight excluding hydrogens is 380 g/mol. The fraction of sp³-hybridized carbons (Fsp3) is 0.120. The van der Waals surface area contributed by atoms with E-state index in [1.54, 1.807) is 13.0 Å². The summed E-state index contributed by atoms with van der Waals surface area (Å²) in [5.74, 6) is 0.382. The highest BCUT2D eigenvalue weighted by atomic mass is 32.2. The molecule has 0 radical (unpaired) electrons. The SMILES string of the molecule is CC(=O)C1=CC=C[SH]1CC(=O)c1ccc2ccc3ccc(C)c4cc(O)c1c2c34. The van der Waals surface area contributed by atoms with Crippen molar-refractivity contribution in [3.05, 3.63) is 76.1 Å². The van der Waals surface area contributed by atoms with E-state index < -0.39 is 10.9 Å². The van der Waals surface area contributed by atoms with E-state index in [2.05, 4.69) is 18.2 Å². The molecular formula is C25H20O3S. The first kappa shape index (κ1) is 18.0. The Labute approximate surface area is 171 Å². The van der Waals surface area contributed by atoms with Gasteiger partial charge in [-0.25, -0.2) is 0 Å². The molecule has 1 unspecified atom stereocenters. The number of aromatic hydroxyl groups is 1. The predicted molar refractivity (Wildman–Crippen MR) is 123 cm³/mol. The van der Waals surface area contributed by atoms with Crippen LogP contribution in [-0.2, 0) is 4.79 Å². The average Bonchev–Trinajstić information content (AvgIpc) is 3.16. The van der Waals surface area contributed by atoms with Gasteiger partial charge in [-0.15, -0.1) is 0 Å². The fourth-order valence-corrected chi connectivity index (χ4v) is 6.26. The Bertz CT molecular complexity index is 1390. The molecule has 0 amide bonds. The van der Waals surface area contributed by atoms with Crippen molar-refractivity contribution in [2.75, 3.05) is 5.75 Å². The quantitative estimate of drug-likeness (QED) is 0.259. The number of benzene rings is 4. The zero-order valence-corrected chi connectivity index (χ0v) is 17.1. The Hall–Kier alpha value is -3.11. The van der Waals surface area contributed by atoms with Crippen molar-refractivity contribution >= 4 is 54.8 Å². The highest BCUT2D eigenvalue weighted by molar-refractivity contribution is 8.24. The molecule has 1 atom stereocenters. The fourth-order valence-electron chi connectivity index (χ4n) is 4.37. The van der Waals surface area contributed by atoms with Crippen molar-refractivity contribution in [3.63, 3.8) is 0 Å². The van der Waals surface area contributed by atoms with E-state index in [1.807, 2.05) is 42.7 Å². The molecule has 0 spiro atoms. The summed E-state index contributed by atoms with van der Waals surface area (Å²) in [5.41, 5.74) is 1.62. The maximum absolute atomic E-state index is 13.3. The number of rotatable bonds is 4. The Kier molecular flexibility index (Phi) is 4.00. The van der Waals surface area contributed by atoms with Crippen molar-refractivity contribution in [2.45, 2.75) is 13.8 Å². The monoisotopic (exact) mass is 400 g/mol.